The Morgan fingerprint density at radius 3 is 2.96 bits per heavy atom. The normalized spacial score (nSPS) is 11.5. The highest BCUT2D eigenvalue weighted by atomic mass is 32.1. The average molecular weight is 369 g/mol. The molecule has 0 spiro atoms. The SMILES string of the molecule is O=C(/C=C/c1nc2ccccc2s1)OCc1nc2ccsc2c(=O)[nH]1. The van der Waals surface area contributed by atoms with Gasteiger partial charge in [-0.15, -0.1) is 22.7 Å². The summed E-state index contributed by atoms with van der Waals surface area (Å²) >= 11 is 2.82. The van der Waals surface area contributed by atoms with Gasteiger partial charge in [0.1, 0.15) is 22.1 Å². The Morgan fingerprint density at radius 1 is 1.20 bits per heavy atom. The van der Waals surface area contributed by atoms with Gasteiger partial charge < -0.3 is 9.72 Å². The fourth-order valence-electron chi connectivity index (χ4n) is 2.28. The first-order valence-corrected chi connectivity index (χ1v) is 9.05. The molecular weight excluding hydrogens is 358 g/mol. The summed E-state index contributed by atoms with van der Waals surface area (Å²) in [5.74, 6) is -0.204. The number of ether oxygens (including phenoxy) is 1. The number of benzene rings is 1. The number of H-pyrrole nitrogens is 1. The van der Waals surface area contributed by atoms with Gasteiger partial charge >= 0.3 is 5.97 Å². The van der Waals surface area contributed by atoms with Gasteiger partial charge in [-0.1, -0.05) is 12.1 Å². The number of aromatic nitrogens is 3. The molecule has 8 heteroatoms. The van der Waals surface area contributed by atoms with Gasteiger partial charge in [-0.25, -0.2) is 14.8 Å². The summed E-state index contributed by atoms with van der Waals surface area (Å²) in [6, 6.07) is 9.52. The molecule has 0 saturated heterocycles. The third-order valence-electron chi connectivity index (χ3n) is 3.39. The van der Waals surface area contributed by atoms with Crippen molar-refractivity contribution in [3.63, 3.8) is 0 Å². The smallest absolute Gasteiger partial charge is 0.331 e. The maximum absolute atomic E-state index is 11.9. The largest absolute Gasteiger partial charge is 0.454 e. The minimum absolute atomic E-state index is 0.0932. The number of thiazole rings is 1. The van der Waals surface area contributed by atoms with Crippen molar-refractivity contribution in [2.24, 2.45) is 0 Å². The van der Waals surface area contributed by atoms with E-state index in [2.05, 4.69) is 15.0 Å². The molecule has 0 amide bonds. The van der Waals surface area contributed by atoms with Crippen LogP contribution >= 0.6 is 22.7 Å². The topological polar surface area (TPSA) is 84.9 Å². The molecule has 0 atom stereocenters. The molecule has 1 aromatic carbocycles. The zero-order valence-corrected chi connectivity index (χ0v) is 14.4. The number of nitrogens with zero attached hydrogens (tertiary/aromatic N) is 2. The minimum Gasteiger partial charge on any atom is -0.454 e. The summed E-state index contributed by atoms with van der Waals surface area (Å²) in [4.78, 5) is 35.0. The Bertz CT molecular complexity index is 1120. The van der Waals surface area contributed by atoms with Crippen LogP contribution in [0.2, 0.25) is 0 Å². The van der Waals surface area contributed by atoms with Crippen LogP contribution in [-0.4, -0.2) is 20.9 Å². The standard InChI is InChI=1S/C17H11N3O3S2/c21-15(6-5-14-19-10-3-1-2-4-12(10)25-14)23-9-13-18-11-7-8-24-16(11)17(22)20-13/h1-8H,9H2,(H,18,20,22)/b6-5+. The van der Waals surface area contributed by atoms with Gasteiger partial charge in [0, 0.05) is 6.08 Å². The minimum atomic E-state index is -0.521. The summed E-state index contributed by atoms with van der Waals surface area (Å²) in [7, 11) is 0. The number of thiophene rings is 1. The lowest BCUT2D eigenvalue weighted by molar-refractivity contribution is -0.139. The molecule has 0 radical (unpaired) electrons. The number of rotatable bonds is 4. The summed E-state index contributed by atoms with van der Waals surface area (Å²) in [6.07, 6.45) is 2.93. The molecule has 0 aliphatic heterocycles. The number of aromatic amines is 1. The molecular formula is C17H11N3O3S2. The summed E-state index contributed by atoms with van der Waals surface area (Å²) in [5.41, 5.74) is 1.27. The van der Waals surface area contributed by atoms with Crippen molar-refractivity contribution >= 4 is 55.2 Å². The van der Waals surface area contributed by atoms with E-state index in [1.807, 2.05) is 24.3 Å². The molecule has 25 heavy (non-hydrogen) atoms. The first kappa shape index (κ1) is 15.7. The van der Waals surface area contributed by atoms with Crippen LogP contribution in [-0.2, 0) is 16.1 Å². The Hall–Kier alpha value is -2.84. The van der Waals surface area contributed by atoms with E-state index in [1.165, 1.54) is 28.7 Å². The Kier molecular flexibility index (Phi) is 4.12. The van der Waals surface area contributed by atoms with Crippen molar-refractivity contribution < 1.29 is 9.53 Å². The maximum Gasteiger partial charge on any atom is 0.331 e. The number of fused-ring (bicyclic) bond motifs is 2. The van der Waals surface area contributed by atoms with E-state index in [-0.39, 0.29) is 12.2 Å². The maximum atomic E-state index is 11.9. The Morgan fingerprint density at radius 2 is 2.08 bits per heavy atom. The lowest BCUT2D eigenvalue weighted by Gasteiger charge is -2.01. The molecule has 1 N–H and O–H groups in total. The van der Waals surface area contributed by atoms with Crippen LogP contribution in [0.1, 0.15) is 10.8 Å². The number of nitrogens with one attached hydrogen (secondary N) is 1. The van der Waals surface area contributed by atoms with Crippen LogP contribution in [0, 0.1) is 0 Å². The highest BCUT2D eigenvalue weighted by Gasteiger charge is 2.07. The predicted octanol–water partition coefficient (Wildman–Crippen LogP) is 3.35. The molecule has 3 aromatic heterocycles. The van der Waals surface area contributed by atoms with Crippen molar-refractivity contribution in [1.29, 1.82) is 0 Å². The molecule has 4 aromatic rings. The number of hydrogen-bond acceptors (Lipinski definition) is 7. The van der Waals surface area contributed by atoms with Crippen molar-refractivity contribution in [3.05, 3.63) is 63.0 Å². The van der Waals surface area contributed by atoms with Crippen LogP contribution in [0.4, 0.5) is 0 Å². The molecule has 6 nitrogen and oxygen atoms in total. The Labute approximate surface area is 149 Å². The van der Waals surface area contributed by atoms with E-state index >= 15 is 0 Å². The van der Waals surface area contributed by atoms with E-state index in [4.69, 9.17) is 4.74 Å². The lowest BCUT2D eigenvalue weighted by Crippen LogP contribution is -2.12. The van der Waals surface area contributed by atoms with Gasteiger partial charge in [-0.3, -0.25) is 4.79 Å². The van der Waals surface area contributed by atoms with Crippen molar-refractivity contribution in [1.82, 2.24) is 15.0 Å². The van der Waals surface area contributed by atoms with Gasteiger partial charge in [-0.2, -0.15) is 0 Å². The highest BCUT2D eigenvalue weighted by Crippen LogP contribution is 2.22. The summed E-state index contributed by atoms with van der Waals surface area (Å²) < 4.78 is 6.74. The summed E-state index contributed by atoms with van der Waals surface area (Å²) in [5, 5.41) is 2.52. The van der Waals surface area contributed by atoms with E-state index in [0.29, 0.717) is 16.0 Å². The molecule has 0 bridgehead atoms. The highest BCUT2D eigenvalue weighted by molar-refractivity contribution is 7.19. The molecule has 3 heterocycles. The third-order valence-corrected chi connectivity index (χ3v) is 5.29. The van der Waals surface area contributed by atoms with Crippen molar-refractivity contribution in [2.45, 2.75) is 6.61 Å². The molecule has 0 unspecified atom stereocenters. The molecule has 124 valence electrons. The molecule has 4 rings (SSSR count). The number of carbonyl (C=O) groups is 1. The second-order valence-electron chi connectivity index (χ2n) is 5.11. The van der Waals surface area contributed by atoms with E-state index in [1.54, 1.807) is 17.5 Å². The van der Waals surface area contributed by atoms with Crippen LogP contribution in [0.3, 0.4) is 0 Å². The third kappa shape index (κ3) is 3.35. The lowest BCUT2D eigenvalue weighted by atomic mass is 10.3. The fourth-order valence-corrected chi connectivity index (χ4v) is 3.87. The second kappa shape index (κ2) is 6.58. The van der Waals surface area contributed by atoms with Gasteiger partial charge in [0.05, 0.1) is 15.7 Å². The number of esters is 1. The van der Waals surface area contributed by atoms with Crippen molar-refractivity contribution in [2.75, 3.05) is 0 Å². The van der Waals surface area contributed by atoms with E-state index in [9.17, 15) is 9.59 Å². The van der Waals surface area contributed by atoms with Gasteiger partial charge in [0.2, 0.25) is 0 Å². The monoisotopic (exact) mass is 369 g/mol. The molecule has 0 aliphatic carbocycles. The molecule has 0 aliphatic rings. The van der Waals surface area contributed by atoms with Crippen molar-refractivity contribution in [3.8, 4) is 0 Å². The molecule has 0 saturated carbocycles. The average Bonchev–Trinajstić information content (AvgIpc) is 3.24. The number of carbonyl (C=O) groups excluding carboxylic acids is 1. The Balaban J connectivity index is 1.43. The van der Waals surface area contributed by atoms with Crippen LogP contribution < -0.4 is 5.56 Å². The summed E-state index contributed by atoms with van der Waals surface area (Å²) in [6.45, 7) is -0.0932. The quantitative estimate of drug-likeness (QED) is 0.440. The zero-order valence-electron chi connectivity index (χ0n) is 12.8. The van der Waals surface area contributed by atoms with Gasteiger partial charge in [0.15, 0.2) is 0 Å². The van der Waals surface area contributed by atoms with E-state index in [0.717, 1.165) is 15.2 Å². The first-order valence-electron chi connectivity index (χ1n) is 7.36. The zero-order chi connectivity index (χ0) is 17.2. The van der Waals surface area contributed by atoms with Gasteiger partial charge in [-0.05, 0) is 29.7 Å². The van der Waals surface area contributed by atoms with E-state index < -0.39 is 5.97 Å². The van der Waals surface area contributed by atoms with Gasteiger partial charge in [0.25, 0.3) is 5.56 Å². The van der Waals surface area contributed by atoms with Crippen LogP contribution in [0.5, 0.6) is 0 Å². The second-order valence-corrected chi connectivity index (χ2v) is 7.09. The first-order chi connectivity index (χ1) is 12.2. The fraction of sp³-hybridized carbons (Fsp3) is 0.0588. The molecule has 0 fully saturated rings. The van der Waals surface area contributed by atoms with Crippen LogP contribution in [0.15, 0.2) is 46.6 Å². The number of hydrogen-bond donors (Lipinski definition) is 1. The van der Waals surface area contributed by atoms with Crippen LogP contribution in [0.25, 0.3) is 26.5 Å². The number of para-hydroxylation sites is 1. The predicted molar refractivity (Wildman–Crippen MR) is 98.7 cm³/mol.